The van der Waals surface area contributed by atoms with E-state index in [0.717, 1.165) is 34.9 Å². The molecule has 0 fully saturated rings. The van der Waals surface area contributed by atoms with Crippen molar-refractivity contribution in [2.45, 2.75) is 20.0 Å². The highest BCUT2D eigenvalue weighted by Crippen LogP contribution is 2.26. The summed E-state index contributed by atoms with van der Waals surface area (Å²) in [6.07, 6.45) is 1.65. The average molecular weight is 280 g/mol. The van der Waals surface area contributed by atoms with E-state index in [-0.39, 0.29) is 0 Å². The van der Waals surface area contributed by atoms with Crippen molar-refractivity contribution < 1.29 is 9.53 Å². The maximum Gasteiger partial charge on any atom is 0.153 e. The van der Waals surface area contributed by atoms with Crippen molar-refractivity contribution in [2.24, 2.45) is 0 Å². The smallest absolute Gasteiger partial charge is 0.153 e. The molecule has 0 amide bonds. The fraction of sp³-hybridized carbons (Fsp3) is 0.176. The number of hydrogen-bond donors (Lipinski definition) is 1. The molecule has 4 heteroatoms. The molecule has 0 atom stereocenters. The van der Waals surface area contributed by atoms with Crippen molar-refractivity contribution in [3.8, 4) is 5.75 Å². The van der Waals surface area contributed by atoms with Gasteiger partial charge in [0.15, 0.2) is 6.29 Å². The van der Waals surface area contributed by atoms with Crippen LogP contribution in [0.5, 0.6) is 5.75 Å². The number of nitrogens with zero attached hydrogens (tertiary/aromatic N) is 1. The van der Waals surface area contributed by atoms with Crippen molar-refractivity contribution in [3.05, 3.63) is 59.3 Å². The molecule has 3 rings (SSSR count). The van der Waals surface area contributed by atoms with Gasteiger partial charge in [0, 0.05) is 11.5 Å². The normalized spacial score (nSPS) is 10.7. The molecule has 106 valence electrons. The lowest BCUT2D eigenvalue weighted by atomic mass is 10.1. The lowest BCUT2D eigenvalue weighted by Gasteiger charge is -2.09. The Kier molecular flexibility index (Phi) is 3.69. The minimum Gasteiger partial charge on any atom is -0.488 e. The van der Waals surface area contributed by atoms with E-state index in [2.05, 4.69) is 10.2 Å². The van der Waals surface area contributed by atoms with Crippen molar-refractivity contribution >= 4 is 17.2 Å². The fourth-order valence-corrected chi connectivity index (χ4v) is 2.34. The van der Waals surface area contributed by atoms with Crippen LogP contribution < -0.4 is 4.74 Å². The molecule has 1 heterocycles. The highest BCUT2D eigenvalue weighted by Gasteiger charge is 2.10. The summed E-state index contributed by atoms with van der Waals surface area (Å²) in [4.78, 5) is 11.3. The Hall–Kier alpha value is -2.62. The van der Waals surface area contributed by atoms with Gasteiger partial charge >= 0.3 is 0 Å². The Labute approximate surface area is 122 Å². The molecular weight excluding hydrogens is 264 g/mol. The summed E-state index contributed by atoms with van der Waals surface area (Å²) in [7, 11) is 0. The summed E-state index contributed by atoms with van der Waals surface area (Å²) >= 11 is 0. The van der Waals surface area contributed by atoms with E-state index >= 15 is 0 Å². The molecule has 21 heavy (non-hydrogen) atoms. The Bertz CT molecular complexity index is 763. The van der Waals surface area contributed by atoms with E-state index in [9.17, 15) is 4.79 Å². The maximum atomic E-state index is 11.3. The number of aryl methyl sites for hydroxylation is 1. The number of hydrogen-bond acceptors (Lipinski definition) is 3. The minimum atomic E-state index is 0.432. The van der Waals surface area contributed by atoms with Crippen LogP contribution in [0.3, 0.4) is 0 Å². The number of rotatable bonds is 5. The predicted octanol–water partition coefficient (Wildman–Crippen LogP) is 3.52. The molecule has 0 saturated heterocycles. The van der Waals surface area contributed by atoms with Gasteiger partial charge in [-0.15, -0.1) is 0 Å². The third kappa shape index (κ3) is 2.65. The van der Waals surface area contributed by atoms with E-state index in [1.165, 1.54) is 0 Å². The number of carbonyl (C=O) groups excluding carboxylic acids is 1. The van der Waals surface area contributed by atoms with Gasteiger partial charge in [-0.05, 0) is 18.1 Å². The fourth-order valence-electron chi connectivity index (χ4n) is 2.34. The number of H-pyrrole nitrogens is 1. The largest absolute Gasteiger partial charge is 0.488 e. The van der Waals surface area contributed by atoms with E-state index < -0.39 is 0 Å². The monoisotopic (exact) mass is 280 g/mol. The first kappa shape index (κ1) is 13.4. The summed E-state index contributed by atoms with van der Waals surface area (Å²) < 4.78 is 5.79. The van der Waals surface area contributed by atoms with Crippen molar-refractivity contribution in [2.75, 3.05) is 0 Å². The topological polar surface area (TPSA) is 55.0 Å². The molecule has 4 nitrogen and oxygen atoms in total. The van der Waals surface area contributed by atoms with Crippen LogP contribution in [0.2, 0.25) is 0 Å². The molecular formula is C17H16N2O2. The van der Waals surface area contributed by atoms with Crippen LogP contribution in [0, 0.1) is 0 Å². The number of aromatic nitrogens is 2. The Balaban J connectivity index is 1.92. The Morgan fingerprint density at radius 2 is 2.05 bits per heavy atom. The van der Waals surface area contributed by atoms with Crippen LogP contribution in [0.25, 0.3) is 10.9 Å². The summed E-state index contributed by atoms with van der Waals surface area (Å²) in [6, 6.07) is 13.5. The van der Waals surface area contributed by atoms with Crippen LogP contribution in [-0.4, -0.2) is 16.5 Å². The molecule has 0 saturated carbocycles. The molecule has 3 aromatic rings. The molecule has 0 radical (unpaired) electrons. The van der Waals surface area contributed by atoms with Crippen LogP contribution in [0.1, 0.15) is 28.5 Å². The van der Waals surface area contributed by atoms with Gasteiger partial charge in [0.25, 0.3) is 0 Å². The molecule has 1 aromatic heterocycles. The maximum absolute atomic E-state index is 11.3. The average Bonchev–Trinajstić information content (AvgIpc) is 2.94. The predicted molar refractivity (Wildman–Crippen MR) is 81.6 cm³/mol. The first-order chi connectivity index (χ1) is 10.3. The first-order valence-electron chi connectivity index (χ1n) is 6.94. The van der Waals surface area contributed by atoms with Gasteiger partial charge in [-0.2, -0.15) is 5.10 Å². The quantitative estimate of drug-likeness (QED) is 0.727. The van der Waals surface area contributed by atoms with Crippen LogP contribution in [-0.2, 0) is 13.0 Å². The van der Waals surface area contributed by atoms with E-state index in [0.29, 0.717) is 17.9 Å². The number of aldehydes is 1. The number of fused-ring (bicyclic) bond motifs is 1. The molecule has 0 aliphatic rings. The first-order valence-corrected chi connectivity index (χ1v) is 6.94. The van der Waals surface area contributed by atoms with Gasteiger partial charge in [0.2, 0.25) is 0 Å². The number of ether oxygens (including phenoxy) is 1. The Morgan fingerprint density at radius 3 is 2.76 bits per heavy atom. The van der Waals surface area contributed by atoms with Gasteiger partial charge in [-0.1, -0.05) is 37.3 Å². The van der Waals surface area contributed by atoms with Gasteiger partial charge in [-0.25, -0.2) is 0 Å². The standard InChI is InChI=1S/C17H16N2O2/c1-2-15-14-8-13(10-20)17(9-16(14)19-18-15)21-11-12-6-4-3-5-7-12/h3-10H,2,11H2,1H3,(H,18,19). The minimum absolute atomic E-state index is 0.432. The van der Waals surface area contributed by atoms with Gasteiger partial charge < -0.3 is 4.74 Å². The molecule has 2 aromatic carbocycles. The van der Waals surface area contributed by atoms with E-state index in [4.69, 9.17) is 4.74 Å². The Morgan fingerprint density at radius 1 is 1.24 bits per heavy atom. The summed E-state index contributed by atoms with van der Waals surface area (Å²) in [5.74, 6) is 0.577. The lowest BCUT2D eigenvalue weighted by molar-refractivity contribution is 0.111. The molecule has 0 bridgehead atoms. The summed E-state index contributed by atoms with van der Waals surface area (Å²) in [6.45, 7) is 2.47. The van der Waals surface area contributed by atoms with Gasteiger partial charge in [0.05, 0.1) is 16.8 Å². The lowest BCUT2D eigenvalue weighted by Crippen LogP contribution is -1.98. The number of nitrogens with one attached hydrogen (secondary N) is 1. The zero-order valence-corrected chi connectivity index (χ0v) is 11.8. The van der Waals surface area contributed by atoms with Crippen LogP contribution in [0.4, 0.5) is 0 Å². The zero-order valence-electron chi connectivity index (χ0n) is 11.8. The molecule has 0 aliphatic carbocycles. The molecule has 0 spiro atoms. The second-order valence-corrected chi connectivity index (χ2v) is 4.85. The van der Waals surface area contributed by atoms with Crippen molar-refractivity contribution in [3.63, 3.8) is 0 Å². The number of benzene rings is 2. The van der Waals surface area contributed by atoms with Crippen LogP contribution in [0.15, 0.2) is 42.5 Å². The summed E-state index contributed by atoms with van der Waals surface area (Å²) in [5, 5.41) is 8.21. The van der Waals surface area contributed by atoms with E-state index in [1.54, 1.807) is 0 Å². The highest BCUT2D eigenvalue weighted by molar-refractivity contribution is 5.91. The van der Waals surface area contributed by atoms with Gasteiger partial charge in [0.1, 0.15) is 12.4 Å². The molecule has 0 unspecified atom stereocenters. The molecule has 1 N–H and O–H groups in total. The zero-order chi connectivity index (χ0) is 14.7. The second-order valence-electron chi connectivity index (χ2n) is 4.85. The SMILES string of the molecule is CCc1n[nH]c2cc(OCc3ccccc3)c(C=O)cc12. The molecule has 0 aliphatic heterocycles. The summed E-state index contributed by atoms with van der Waals surface area (Å²) in [5.41, 5.74) is 3.46. The second kappa shape index (κ2) is 5.79. The number of aromatic amines is 1. The third-order valence-corrected chi connectivity index (χ3v) is 3.47. The number of carbonyl (C=O) groups is 1. The van der Waals surface area contributed by atoms with Crippen LogP contribution >= 0.6 is 0 Å². The van der Waals surface area contributed by atoms with Crippen molar-refractivity contribution in [1.29, 1.82) is 0 Å². The van der Waals surface area contributed by atoms with E-state index in [1.807, 2.05) is 49.4 Å². The highest BCUT2D eigenvalue weighted by atomic mass is 16.5. The van der Waals surface area contributed by atoms with Crippen molar-refractivity contribution in [1.82, 2.24) is 10.2 Å². The third-order valence-electron chi connectivity index (χ3n) is 3.47. The van der Waals surface area contributed by atoms with Gasteiger partial charge in [-0.3, -0.25) is 9.89 Å².